The van der Waals surface area contributed by atoms with Crippen LogP contribution in [0.15, 0.2) is 30.0 Å². The van der Waals surface area contributed by atoms with Gasteiger partial charge in [0.15, 0.2) is 17.3 Å². The van der Waals surface area contributed by atoms with Crippen LogP contribution in [0.1, 0.15) is 56.9 Å². The quantitative estimate of drug-likeness (QED) is 0.308. The first-order valence-corrected chi connectivity index (χ1v) is 15.9. The van der Waals surface area contributed by atoms with Gasteiger partial charge in [0.1, 0.15) is 6.17 Å². The van der Waals surface area contributed by atoms with Crippen LogP contribution in [0.3, 0.4) is 0 Å². The summed E-state index contributed by atoms with van der Waals surface area (Å²) in [5, 5.41) is 22.2. The monoisotopic (exact) mass is 582 g/mol. The lowest BCUT2D eigenvalue weighted by atomic mass is 9.64. The molecule has 228 valence electrons. The molecule has 0 aromatic heterocycles. The molecule has 3 saturated carbocycles. The largest absolute Gasteiger partial charge is 0.504 e. The normalized spacial score (nSPS) is 39.6. The van der Waals surface area contributed by atoms with Crippen LogP contribution < -0.4 is 11.1 Å². The number of aromatic hydroxyl groups is 2. The molecule has 1 amide bonds. The summed E-state index contributed by atoms with van der Waals surface area (Å²) in [5.74, 6) is -0.562. The van der Waals surface area contributed by atoms with E-state index >= 15 is 4.39 Å². The fraction of sp³-hybridized carbons (Fsp3) is 0.688. The first-order valence-electron chi connectivity index (χ1n) is 15.9. The molecule has 3 aliphatic heterocycles. The summed E-state index contributed by atoms with van der Waals surface area (Å²) in [7, 11) is 0. The number of halogens is 1. The lowest BCUT2D eigenvalue weighted by Gasteiger charge is -2.61. The molecule has 9 nitrogen and oxygen atoms in total. The number of likely N-dealkylation sites (tertiary alicyclic amines) is 1. The maximum Gasteiger partial charge on any atom is 0.256 e. The van der Waals surface area contributed by atoms with Crippen molar-refractivity contribution < 1.29 is 28.9 Å². The number of benzene rings is 1. The van der Waals surface area contributed by atoms with Gasteiger partial charge >= 0.3 is 0 Å². The van der Waals surface area contributed by atoms with Crippen LogP contribution in [0.2, 0.25) is 0 Å². The zero-order chi connectivity index (χ0) is 29.1. The number of nitrogens with zero attached hydrogens (tertiary/aromatic N) is 2. The topological polar surface area (TPSA) is 128 Å². The van der Waals surface area contributed by atoms with Gasteiger partial charge in [-0.1, -0.05) is 31.7 Å². The van der Waals surface area contributed by atoms with Crippen molar-refractivity contribution in [2.24, 2.45) is 23.5 Å². The summed E-state index contributed by atoms with van der Waals surface area (Å²) in [6.07, 6.45) is 8.23. The Balaban J connectivity index is 1.16. The van der Waals surface area contributed by atoms with E-state index in [1.165, 1.54) is 37.8 Å². The number of ketones is 1. The summed E-state index contributed by atoms with van der Waals surface area (Å²) in [4.78, 5) is 31.8. The van der Waals surface area contributed by atoms with Crippen LogP contribution in [0.5, 0.6) is 11.5 Å². The summed E-state index contributed by atoms with van der Waals surface area (Å²) < 4.78 is 23.0. The number of hydrogen-bond acceptors (Lipinski definition) is 8. The third-order valence-electron chi connectivity index (χ3n) is 11.1. The lowest BCUT2D eigenvalue weighted by Crippen LogP contribution is -2.73. The number of alkyl halides is 1. The van der Waals surface area contributed by atoms with E-state index in [0.29, 0.717) is 24.8 Å². The molecule has 7 rings (SSSR count). The Kier molecular flexibility index (Phi) is 7.43. The minimum Gasteiger partial charge on any atom is -0.504 e. The summed E-state index contributed by atoms with van der Waals surface area (Å²) in [5.41, 5.74) is 7.08. The molecule has 5 N–H and O–H groups in total. The van der Waals surface area contributed by atoms with Crippen LogP contribution in [0.4, 0.5) is 4.39 Å². The van der Waals surface area contributed by atoms with E-state index < -0.39 is 30.1 Å². The number of fused-ring (bicyclic) bond motifs is 3. The van der Waals surface area contributed by atoms with Crippen LogP contribution in [0.25, 0.3) is 0 Å². The van der Waals surface area contributed by atoms with Gasteiger partial charge in [-0.2, -0.15) is 0 Å². The number of ether oxygens (including phenoxy) is 1. The Morgan fingerprint density at radius 1 is 1.07 bits per heavy atom. The Labute approximate surface area is 246 Å². The van der Waals surface area contributed by atoms with Crippen LogP contribution in [-0.2, 0) is 20.7 Å². The third kappa shape index (κ3) is 4.89. The van der Waals surface area contributed by atoms with Gasteiger partial charge in [0.25, 0.3) is 5.91 Å². The van der Waals surface area contributed by atoms with Crippen molar-refractivity contribution in [3.05, 3.63) is 35.5 Å². The van der Waals surface area contributed by atoms with Crippen molar-refractivity contribution in [3.63, 3.8) is 0 Å². The van der Waals surface area contributed by atoms with Gasteiger partial charge in [0.05, 0.1) is 35.9 Å². The lowest BCUT2D eigenvalue weighted by molar-refractivity contribution is -0.219. The van der Waals surface area contributed by atoms with E-state index in [-0.39, 0.29) is 60.1 Å². The molecule has 42 heavy (non-hydrogen) atoms. The first kappa shape index (κ1) is 28.1. The first-order chi connectivity index (χ1) is 20.3. The molecule has 1 aromatic rings. The van der Waals surface area contributed by atoms with Gasteiger partial charge in [-0.05, 0) is 61.6 Å². The second-order valence-corrected chi connectivity index (χ2v) is 13.5. The number of nitrogens with two attached hydrogens (primary N) is 1. The SMILES string of the molecule is NC1CCN(C2C(F)CC3C(=O)C(C(=O)NCCc4ccc(O)c(O)c4)=CN4C5CC6CCCCC6CC5OC2C34)C1. The molecular weight excluding hydrogens is 539 g/mol. The van der Waals surface area contributed by atoms with Gasteiger partial charge in [0.2, 0.25) is 0 Å². The van der Waals surface area contributed by atoms with Crippen LogP contribution >= 0.6 is 0 Å². The van der Waals surface area contributed by atoms with Crippen molar-refractivity contribution in [3.8, 4) is 11.5 Å². The van der Waals surface area contributed by atoms with Crippen LogP contribution in [-0.4, -0.2) is 93.9 Å². The Morgan fingerprint density at radius 2 is 1.86 bits per heavy atom. The number of amides is 1. The highest BCUT2D eigenvalue weighted by atomic mass is 19.1. The number of phenols is 2. The Bertz CT molecular complexity index is 1260. The number of morpholine rings is 1. The average molecular weight is 583 g/mol. The van der Waals surface area contributed by atoms with Gasteiger partial charge < -0.3 is 30.9 Å². The smallest absolute Gasteiger partial charge is 0.256 e. The van der Waals surface area contributed by atoms with E-state index in [9.17, 15) is 19.8 Å². The van der Waals surface area contributed by atoms with Gasteiger partial charge in [0, 0.05) is 37.8 Å². The number of rotatable bonds is 5. The number of carbonyl (C=O) groups is 2. The van der Waals surface area contributed by atoms with Gasteiger partial charge in [-0.15, -0.1) is 0 Å². The molecular formula is C32H43FN4O5. The number of Topliss-reactive ketones (excluding diaryl/α,β-unsaturated/α-hetero) is 1. The molecule has 1 aromatic carbocycles. The zero-order valence-electron chi connectivity index (χ0n) is 24.0. The van der Waals surface area contributed by atoms with Gasteiger partial charge in [-0.25, -0.2) is 4.39 Å². The van der Waals surface area contributed by atoms with Crippen LogP contribution in [0, 0.1) is 17.8 Å². The standard InChI is InChI=1S/C32H43FN4O5/c33-23-14-21-28-31(29(23)36-10-8-20(34)15-36)42-27-13-19-4-2-1-3-18(19)12-24(27)37(28)16-22(30(21)40)32(41)35-9-7-17-5-6-25(38)26(39)11-17/h5-6,11,16,18-21,23-24,27-29,31,38-39H,1-4,7-10,12-15,34H2,(H,35,41). The summed E-state index contributed by atoms with van der Waals surface area (Å²) in [6, 6.07) is 3.91. The molecule has 0 radical (unpaired) electrons. The summed E-state index contributed by atoms with van der Waals surface area (Å²) in [6.45, 7) is 1.63. The van der Waals surface area contributed by atoms with E-state index in [4.69, 9.17) is 10.5 Å². The molecule has 3 aliphatic carbocycles. The zero-order valence-corrected chi connectivity index (χ0v) is 24.0. The predicted octanol–water partition coefficient (Wildman–Crippen LogP) is 2.39. The number of carbonyl (C=O) groups excluding carboxylic acids is 2. The molecule has 6 aliphatic rings. The fourth-order valence-corrected chi connectivity index (χ4v) is 9.09. The second-order valence-electron chi connectivity index (χ2n) is 13.5. The fourth-order valence-electron chi connectivity index (χ4n) is 9.09. The highest BCUT2D eigenvalue weighted by Gasteiger charge is 2.60. The molecule has 10 unspecified atom stereocenters. The molecule has 5 fully saturated rings. The predicted molar refractivity (Wildman–Crippen MR) is 153 cm³/mol. The molecule has 0 spiro atoms. The molecule has 3 heterocycles. The van der Waals surface area contributed by atoms with Crippen molar-refractivity contribution in [2.75, 3.05) is 19.6 Å². The molecule has 10 atom stereocenters. The minimum absolute atomic E-state index is 0.0220. The van der Waals surface area contributed by atoms with E-state index in [1.807, 2.05) is 0 Å². The number of hydrogen-bond donors (Lipinski definition) is 4. The maximum absolute atomic E-state index is 16.1. The number of nitrogens with one attached hydrogen (secondary N) is 1. The number of phenolic OH excluding ortho intramolecular Hbond substituents is 2. The van der Waals surface area contributed by atoms with Crippen molar-refractivity contribution in [2.45, 2.75) is 100 Å². The summed E-state index contributed by atoms with van der Waals surface area (Å²) >= 11 is 0. The van der Waals surface area contributed by atoms with Crippen molar-refractivity contribution in [1.82, 2.24) is 15.1 Å². The Hall–Kier alpha value is -2.69. The minimum atomic E-state index is -1.24. The van der Waals surface area contributed by atoms with E-state index in [2.05, 4.69) is 15.1 Å². The maximum atomic E-state index is 16.1. The van der Waals surface area contributed by atoms with Gasteiger partial charge in [-0.3, -0.25) is 14.5 Å². The molecule has 10 heteroatoms. The molecule has 0 bridgehead atoms. The third-order valence-corrected chi connectivity index (χ3v) is 11.1. The van der Waals surface area contributed by atoms with Crippen molar-refractivity contribution >= 4 is 11.7 Å². The van der Waals surface area contributed by atoms with E-state index in [0.717, 1.165) is 31.4 Å². The Morgan fingerprint density at radius 3 is 2.60 bits per heavy atom. The highest BCUT2D eigenvalue weighted by molar-refractivity contribution is 6.20. The average Bonchev–Trinajstić information content (AvgIpc) is 3.40. The second kappa shape index (κ2) is 11.1. The van der Waals surface area contributed by atoms with Crippen molar-refractivity contribution in [1.29, 1.82) is 0 Å². The van der Waals surface area contributed by atoms with E-state index in [1.54, 1.807) is 12.3 Å². The molecule has 2 saturated heterocycles. The highest BCUT2D eigenvalue weighted by Crippen LogP contribution is 2.51.